The van der Waals surface area contributed by atoms with Crippen LogP contribution >= 0.6 is 0 Å². The van der Waals surface area contributed by atoms with E-state index >= 15 is 0 Å². The van der Waals surface area contributed by atoms with Gasteiger partial charge >= 0.3 is 0 Å². The van der Waals surface area contributed by atoms with Gasteiger partial charge in [-0.2, -0.15) is 5.10 Å². The second kappa shape index (κ2) is 7.26. The Morgan fingerprint density at radius 2 is 1.76 bits per heavy atom. The van der Waals surface area contributed by atoms with Gasteiger partial charge in [0.1, 0.15) is 5.75 Å². The van der Waals surface area contributed by atoms with Crippen LogP contribution in [0.25, 0.3) is 11.1 Å². The molecule has 0 amide bonds. The first kappa shape index (κ1) is 18.0. The molecule has 0 saturated heterocycles. The Kier molecular flexibility index (Phi) is 6.21. The molecule has 0 saturated carbocycles. The van der Waals surface area contributed by atoms with Crippen molar-refractivity contribution >= 4 is 0 Å². The zero-order valence-electron chi connectivity index (χ0n) is 13.6. The molecule has 0 aliphatic rings. The second-order valence-corrected chi connectivity index (χ2v) is 5.92. The fraction of sp³-hybridized carbons (Fsp3) is 0.471. The smallest absolute Gasteiger partial charge is 0.128 e. The van der Waals surface area contributed by atoms with Crippen LogP contribution in [0.2, 0.25) is 0 Å². The van der Waals surface area contributed by atoms with Gasteiger partial charge in [-0.3, -0.25) is 4.68 Å². The molecule has 4 heteroatoms. The number of benzene rings is 1. The van der Waals surface area contributed by atoms with Crippen LogP contribution in [0.4, 0.5) is 0 Å². The quantitative estimate of drug-likeness (QED) is 0.661. The summed E-state index contributed by atoms with van der Waals surface area (Å²) in [5.74, 6) is 0.945. The zero-order chi connectivity index (χ0) is 14.9. The molecule has 0 bridgehead atoms. The minimum Gasteiger partial charge on any atom is -0.490 e. The van der Waals surface area contributed by atoms with Crippen LogP contribution in [-0.4, -0.2) is 15.9 Å². The number of ether oxygens (including phenoxy) is 1. The van der Waals surface area contributed by atoms with E-state index < -0.39 is 0 Å². The van der Waals surface area contributed by atoms with Crippen LogP contribution in [0.15, 0.2) is 24.5 Å². The first-order chi connectivity index (χ1) is 9.38. The third kappa shape index (κ3) is 4.20. The summed E-state index contributed by atoms with van der Waals surface area (Å²) in [7, 11) is 0. The third-order valence-corrected chi connectivity index (χ3v) is 3.23. The minimum atomic E-state index is 0. The van der Waals surface area contributed by atoms with Gasteiger partial charge in [0.15, 0.2) is 0 Å². The van der Waals surface area contributed by atoms with Crippen LogP contribution in [0, 0.1) is 13.8 Å². The van der Waals surface area contributed by atoms with E-state index in [1.54, 1.807) is 0 Å². The predicted molar refractivity (Wildman–Crippen MR) is 83.3 cm³/mol. The Bertz CT molecular complexity index is 603. The Hall–Kier alpha value is -1.08. The van der Waals surface area contributed by atoms with Gasteiger partial charge < -0.3 is 4.74 Å². The fourth-order valence-corrected chi connectivity index (χ4v) is 2.39. The first-order valence-corrected chi connectivity index (χ1v) is 7.21. The molecule has 0 unspecified atom stereocenters. The van der Waals surface area contributed by atoms with Crippen molar-refractivity contribution in [1.82, 2.24) is 9.78 Å². The van der Waals surface area contributed by atoms with E-state index in [1.807, 2.05) is 10.9 Å². The summed E-state index contributed by atoms with van der Waals surface area (Å²) in [4.78, 5) is 0. The fourth-order valence-electron chi connectivity index (χ4n) is 2.39. The Morgan fingerprint density at radius 3 is 2.29 bits per heavy atom. The van der Waals surface area contributed by atoms with Crippen molar-refractivity contribution < 1.29 is 25.8 Å². The van der Waals surface area contributed by atoms with Crippen molar-refractivity contribution in [3.63, 3.8) is 0 Å². The predicted octanol–water partition coefficient (Wildman–Crippen LogP) is 4.53. The van der Waals surface area contributed by atoms with Crippen molar-refractivity contribution in [3.8, 4) is 16.9 Å². The van der Waals surface area contributed by atoms with Crippen molar-refractivity contribution in [2.24, 2.45) is 0 Å². The van der Waals surface area contributed by atoms with Crippen molar-refractivity contribution in [3.05, 3.63) is 35.7 Å². The summed E-state index contributed by atoms with van der Waals surface area (Å²) in [6, 6.07) is 4.66. The molecule has 0 N–H and O–H groups in total. The molecule has 0 radical (unpaired) electrons. The normalized spacial score (nSPS) is 10.9. The summed E-state index contributed by atoms with van der Waals surface area (Å²) in [5.41, 5.74) is 4.71. The largest absolute Gasteiger partial charge is 0.490 e. The van der Waals surface area contributed by atoms with Crippen LogP contribution < -0.4 is 4.74 Å². The van der Waals surface area contributed by atoms with Gasteiger partial charge in [-0.05, 0) is 58.7 Å². The average Bonchev–Trinajstić information content (AvgIpc) is 2.76. The molecule has 0 aliphatic carbocycles. The molecule has 1 heterocycles. The SMILES string of the molecule is Cc1cc(C)c(-c2cnn(C(C)C)c2)c(OC(C)C)c1.[Pt]. The maximum absolute atomic E-state index is 5.99. The average molecular weight is 467 g/mol. The van der Waals surface area contributed by atoms with E-state index in [9.17, 15) is 0 Å². The molecular formula is C17H24N2OPt. The van der Waals surface area contributed by atoms with Gasteiger partial charge in [0.25, 0.3) is 0 Å². The van der Waals surface area contributed by atoms with Crippen LogP contribution in [-0.2, 0) is 21.1 Å². The van der Waals surface area contributed by atoms with Crippen LogP contribution in [0.3, 0.4) is 0 Å². The Balaban J connectivity index is 0.00000220. The molecule has 2 aromatic rings. The maximum Gasteiger partial charge on any atom is 0.128 e. The number of aromatic nitrogens is 2. The van der Waals surface area contributed by atoms with Gasteiger partial charge in [0, 0.05) is 44.4 Å². The van der Waals surface area contributed by atoms with Gasteiger partial charge in [-0.15, -0.1) is 0 Å². The zero-order valence-corrected chi connectivity index (χ0v) is 15.9. The molecule has 118 valence electrons. The van der Waals surface area contributed by atoms with E-state index in [1.165, 1.54) is 11.1 Å². The Labute approximate surface area is 142 Å². The molecule has 1 aromatic carbocycles. The van der Waals surface area contributed by atoms with Gasteiger partial charge in [0.2, 0.25) is 0 Å². The number of nitrogens with zero attached hydrogens (tertiary/aromatic N) is 2. The van der Waals surface area contributed by atoms with E-state index in [2.05, 4.69) is 65.0 Å². The van der Waals surface area contributed by atoms with E-state index in [4.69, 9.17) is 4.74 Å². The van der Waals surface area contributed by atoms with Gasteiger partial charge in [-0.1, -0.05) is 6.07 Å². The first-order valence-electron chi connectivity index (χ1n) is 7.21. The molecule has 0 aliphatic heterocycles. The van der Waals surface area contributed by atoms with Crippen molar-refractivity contribution in [2.75, 3.05) is 0 Å². The minimum absolute atomic E-state index is 0. The van der Waals surface area contributed by atoms with Crippen LogP contribution in [0.1, 0.15) is 44.9 Å². The summed E-state index contributed by atoms with van der Waals surface area (Å²) < 4.78 is 7.97. The van der Waals surface area contributed by atoms with E-state index in [-0.39, 0.29) is 27.2 Å². The molecule has 0 fully saturated rings. The second-order valence-electron chi connectivity index (χ2n) is 5.92. The van der Waals surface area contributed by atoms with Crippen molar-refractivity contribution in [1.29, 1.82) is 0 Å². The number of aryl methyl sites for hydroxylation is 2. The monoisotopic (exact) mass is 467 g/mol. The maximum atomic E-state index is 5.99. The summed E-state index contributed by atoms with van der Waals surface area (Å²) in [6.07, 6.45) is 4.18. The Morgan fingerprint density at radius 1 is 1.10 bits per heavy atom. The molecule has 0 spiro atoms. The summed E-state index contributed by atoms with van der Waals surface area (Å²) in [5, 5.41) is 4.44. The molecule has 0 atom stereocenters. The van der Waals surface area contributed by atoms with E-state index in [0.29, 0.717) is 6.04 Å². The van der Waals surface area contributed by atoms with Gasteiger partial charge in [0.05, 0.1) is 12.3 Å². The summed E-state index contributed by atoms with van der Waals surface area (Å²) in [6.45, 7) is 12.6. The van der Waals surface area contributed by atoms with Gasteiger partial charge in [-0.25, -0.2) is 0 Å². The summed E-state index contributed by atoms with van der Waals surface area (Å²) >= 11 is 0. The molecular weight excluding hydrogens is 443 g/mol. The number of rotatable bonds is 4. The number of hydrogen-bond acceptors (Lipinski definition) is 2. The molecule has 1 aromatic heterocycles. The topological polar surface area (TPSA) is 27.1 Å². The molecule has 2 rings (SSSR count). The van der Waals surface area contributed by atoms with E-state index in [0.717, 1.165) is 16.9 Å². The van der Waals surface area contributed by atoms with Crippen molar-refractivity contribution in [2.45, 2.75) is 53.7 Å². The third-order valence-electron chi connectivity index (χ3n) is 3.23. The number of hydrogen-bond donors (Lipinski definition) is 0. The molecule has 21 heavy (non-hydrogen) atoms. The standard InChI is InChI=1S/C17H24N2O.Pt/c1-11(2)19-10-15(9-18-19)17-14(6)7-13(5)8-16(17)20-12(3)4;/h7-12H,1-6H3;. The molecule has 3 nitrogen and oxygen atoms in total. The van der Waals surface area contributed by atoms with Crippen LogP contribution in [0.5, 0.6) is 5.75 Å².